The summed E-state index contributed by atoms with van der Waals surface area (Å²) in [6.07, 6.45) is 3.86. The summed E-state index contributed by atoms with van der Waals surface area (Å²) < 4.78 is 0. The summed E-state index contributed by atoms with van der Waals surface area (Å²) in [6.45, 7) is 9.52. The van der Waals surface area contributed by atoms with Crippen LogP contribution >= 0.6 is 0 Å². The molecule has 0 bridgehead atoms. The zero-order chi connectivity index (χ0) is 17.6. The van der Waals surface area contributed by atoms with Crippen LogP contribution in [0, 0.1) is 0 Å². The maximum absolute atomic E-state index is 12.4. The SMILES string of the molecule is CCCCNc1cc(C(=O)Nc2ccc(C(C)(C)C)cc2)ccn1. The molecule has 2 aromatic rings. The van der Waals surface area contributed by atoms with Gasteiger partial charge in [0.1, 0.15) is 5.82 Å². The van der Waals surface area contributed by atoms with Crippen molar-refractivity contribution in [1.29, 1.82) is 0 Å². The molecule has 1 aromatic heterocycles. The number of carbonyl (C=O) groups is 1. The van der Waals surface area contributed by atoms with E-state index in [4.69, 9.17) is 0 Å². The van der Waals surface area contributed by atoms with Gasteiger partial charge in [-0.05, 0) is 41.7 Å². The van der Waals surface area contributed by atoms with Crippen LogP contribution in [0.2, 0.25) is 0 Å². The Hall–Kier alpha value is -2.36. The van der Waals surface area contributed by atoms with Gasteiger partial charge in [-0.25, -0.2) is 4.98 Å². The van der Waals surface area contributed by atoms with E-state index in [0.29, 0.717) is 5.56 Å². The summed E-state index contributed by atoms with van der Waals surface area (Å²) in [4.78, 5) is 16.7. The lowest BCUT2D eigenvalue weighted by Gasteiger charge is -2.19. The minimum Gasteiger partial charge on any atom is -0.370 e. The second-order valence-electron chi connectivity index (χ2n) is 6.99. The number of nitrogens with zero attached hydrogens (tertiary/aromatic N) is 1. The van der Waals surface area contributed by atoms with Crippen molar-refractivity contribution >= 4 is 17.4 Å². The van der Waals surface area contributed by atoms with Gasteiger partial charge in [0, 0.05) is 24.0 Å². The van der Waals surface area contributed by atoms with Gasteiger partial charge in [0.05, 0.1) is 0 Å². The molecule has 1 amide bonds. The number of anilines is 2. The number of aromatic nitrogens is 1. The maximum atomic E-state index is 12.4. The van der Waals surface area contributed by atoms with E-state index in [0.717, 1.165) is 30.9 Å². The van der Waals surface area contributed by atoms with Gasteiger partial charge in [0.15, 0.2) is 0 Å². The summed E-state index contributed by atoms with van der Waals surface area (Å²) in [5, 5.41) is 6.17. The van der Waals surface area contributed by atoms with Gasteiger partial charge in [0.2, 0.25) is 0 Å². The molecule has 1 heterocycles. The van der Waals surface area contributed by atoms with Crippen molar-refractivity contribution < 1.29 is 4.79 Å². The van der Waals surface area contributed by atoms with Gasteiger partial charge >= 0.3 is 0 Å². The number of carbonyl (C=O) groups excluding carboxylic acids is 1. The standard InChI is InChI=1S/C20H27N3O/c1-5-6-12-21-18-14-15(11-13-22-18)19(24)23-17-9-7-16(8-10-17)20(2,3)4/h7-11,13-14H,5-6,12H2,1-4H3,(H,21,22)(H,23,24). The van der Waals surface area contributed by atoms with Gasteiger partial charge in [0.25, 0.3) is 5.91 Å². The molecule has 0 saturated carbocycles. The lowest BCUT2D eigenvalue weighted by molar-refractivity contribution is 0.102. The van der Waals surface area contributed by atoms with Crippen LogP contribution < -0.4 is 10.6 Å². The van der Waals surface area contributed by atoms with E-state index in [1.165, 1.54) is 5.56 Å². The Kier molecular flexibility index (Phi) is 5.96. The number of hydrogen-bond donors (Lipinski definition) is 2. The zero-order valence-corrected chi connectivity index (χ0v) is 15.0. The molecule has 4 heteroatoms. The molecular formula is C20H27N3O. The van der Waals surface area contributed by atoms with Gasteiger partial charge in [-0.2, -0.15) is 0 Å². The third-order valence-corrected chi connectivity index (χ3v) is 3.87. The Morgan fingerprint density at radius 3 is 2.46 bits per heavy atom. The Bertz CT molecular complexity index is 672. The molecule has 0 radical (unpaired) electrons. The Balaban J connectivity index is 2.03. The van der Waals surface area contributed by atoms with Crippen LogP contribution in [-0.4, -0.2) is 17.4 Å². The molecule has 4 nitrogen and oxygen atoms in total. The van der Waals surface area contributed by atoms with Gasteiger partial charge in [-0.1, -0.05) is 46.2 Å². The molecule has 0 aliphatic carbocycles. The maximum Gasteiger partial charge on any atom is 0.255 e. The first-order chi connectivity index (χ1) is 11.4. The molecular weight excluding hydrogens is 298 g/mol. The van der Waals surface area contributed by atoms with Crippen LogP contribution in [0.5, 0.6) is 0 Å². The average Bonchev–Trinajstić information content (AvgIpc) is 2.55. The number of pyridine rings is 1. The highest BCUT2D eigenvalue weighted by atomic mass is 16.1. The van der Waals surface area contributed by atoms with Crippen LogP contribution in [-0.2, 0) is 5.41 Å². The molecule has 0 saturated heterocycles. The molecule has 2 rings (SSSR count). The number of rotatable bonds is 6. The van der Waals surface area contributed by atoms with Crippen LogP contribution in [0.15, 0.2) is 42.6 Å². The van der Waals surface area contributed by atoms with E-state index in [1.54, 1.807) is 18.3 Å². The minimum absolute atomic E-state index is 0.104. The van der Waals surface area contributed by atoms with Crippen molar-refractivity contribution in [3.8, 4) is 0 Å². The Morgan fingerprint density at radius 1 is 1.12 bits per heavy atom. The predicted molar refractivity (Wildman–Crippen MR) is 101 cm³/mol. The minimum atomic E-state index is -0.126. The van der Waals surface area contributed by atoms with Crippen LogP contribution in [0.4, 0.5) is 11.5 Å². The quantitative estimate of drug-likeness (QED) is 0.747. The van der Waals surface area contributed by atoms with Crippen LogP contribution in [0.3, 0.4) is 0 Å². The highest BCUT2D eigenvalue weighted by Gasteiger charge is 2.13. The van der Waals surface area contributed by atoms with E-state index in [2.05, 4.69) is 55.4 Å². The summed E-state index contributed by atoms with van der Waals surface area (Å²) in [5.41, 5.74) is 2.74. The topological polar surface area (TPSA) is 54.0 Å². The average molecular weight is 325 g/mol. The Morgan fingerprint density at radius 2 is 1.83 bits per heavy atom. The first-order valence-corrected chi connectivity index (χ1v) is 8.52. The fourth-order valence-electron chi connectivity index (χ4n) is 2.32. The highest BCUT2D eigenvalue weighted by Crippen LogP contribution is 2.23. The molecule has 0 atom stereocenters. The molecule has 2 N–H and O–H groups in total. The molecule has 0 fully saturated rings. The second kappa shape index (κ2) is 7.95. The van der Waals surface area contributed by atoms with E-state index >= 15 is 0 Å². The normalized spacial score (nSPS) is 11.2. The number of nitrogens with one attached hydrogen (secondary N) is 2. The van der Waals surface area contributed by atoms with E-state index in [-0.39, 0.29) is 11.3 Å². The molecule has 0 aliphatic heterocycles. The largest absolute Gasteiger partial charge is 0.370 e. The summed E-state index contributed by atoms with van der Waals surface area (Å²) >= 11 is 0. The van der Waals surface area contributed by atoms with Crippen LogP contribution in [0.1, 0.15) is 56.5 Å². The van der Waals surface area contributed by atoms with E-state index in [1.807, 2.05) is 12.1 Å². The number of hydrogen-bond acceptors (Lipinski definition) is 3. The van der Waals surface area contributed by atoms with Crippen molar-refractivity contribution in [2.45, 2.75) is 46.0 Å². The predicted octanol–water partition coefficient (Wildman–Crippen LogP) is 4.84. The monoisotopic (exact) mass is 325 g/mol. The smallest absolute Gasteiger partial charge is 0.255 e. The summed E-state index contributed by atoms with van der Waals surface area (Å²) in [6, 6.07) is 11.5. The number of benzene rings is 1. The zero-order valence-electron chi connectivity index (χ0n) is 15.0. The Labute approximate surface area is 144 Å². The summed E-state index contributed by atoms with van der Waals surface area (Å²) in [7, 11) is 0. The number of unbranched alkanes of at least 4 members (excludes halogenated alkanes) is 1. The van der Waals surface area contributed by atoms with Crippen LogP contribution in [0.25, 0.3) is 0 Å². The third kappa shape index (κ3) is 5.08. The lowest BCUT2D eigenvalue weighted by Crippen LogP contribution is -2.14. The fourth-order valence-corrected chi connectivity index (χ4v) is 2.32. The van der Waals surface area contributed by atoms with Crippen molar-refractivity contribution in [3.05, 3.63) is 53.7 Å². The van der Waals surface area contributed by atoms with Gasteiger partial charge in [-0.3, -0.25) is 4.79 Å². The summed E-state index contributed by atoms with van der Waals surface area (Å²) in [5.74, 6) is 0.610. The molecule has 0 aliphatic rings. The van der Waals surface area contributed by atoms with E-state index < -0.39 is 0 Å². The van der Waals surface area contributed by atoms with Gasteiger partial charge < -0.3 is 10.6 Å². The highest BCUT2D eigenvalue weighted by molar-refractivity contribution is 6.04. The fraction of sp³-hybridized carbons (Fsp3) is 0.400. The molecule has 24 heavy (non-hydrogen) atoms. The lowest BCUT2D eigenvalue weighted by atomic mass is 9.87. The molecule has 0 unspecified atom stereocenters. The molecule has 128 valence electrons. The molecule has 1 aromatic carbocycles. The molecule has 0 spiro atoms. The number of amides is 1. The first kappa shape index (κ1) is 18.0. The van der Waals surface area contributed by atoms with Crippen molar-refractivity contribution in [2.24, 2.45) is 0 Å². The second-order valence-corrected chi connectivity index (χ2v) is 6.99. The van der Waals surface area contributed by atoms with E-state index in [9.17, 15) is 4.79 Å². The third-order valence-electron chi connectivity index (χ3n) is 3.87. The van der Waals surface area contributed by atoms with Crippen molar-refractivity contribution in [3.63, 3.8) is 0 Å². The van der Waals surface area contributed by atoms with Crippen molar-refractivity contribution in [2.75, 3.05) is 17.2 Å². The first-order valence-electron chi connectivity index (χ1n) is 8.52. The van der Waals surface area contributed by atoms with Gasteiger partial charge in [-0.15, -0.1) is 0 Å². The van der Waals surface area contributed by atoms with Crippen molar-refractivity contribution in [1.82, 2.24) is 4.98 Å².